The Labute approximate surface area is 114 Å². The molecule has 104 valence electrons. The Morgan fingerprint density at radius 1 is 1.42 bits per heavy atom. The normalized spacial score (nSPS) is 26.7. The van der Waals surface area contributed by atoms with Gasteiger partial charge in [0.25, 0.3) is 0 Å². The Morgan fingerprint density at radius 2 is 2.16 bits per heavy atom. The van der Waals surface area contributed by atoms with Gasteiger partial charge in [-0.25, -0.2) is 4.79 Å². The number of rotatable bonds is 3. The van der Waals surface area contributed by atoms with E-state index < -0.39 is 5.60 Å². The van der Waals surface area contributed by atoms with E-state index in [1.807, 2.05) is 30.3 Å². The molecule has 2 atom stereocenters. The van der Waals surface area contributed by atoms with Crippen molar-refractivity contribution in [2.24, 2.45) is 5.92 Å². The molecule has 0 aromatic heterocycles. The van der Waals surface area contributed by atoms with Gasteiger partial charge in [-0.15, -0.1) is 0 Å². The van der Waals surface area contributed by atoms with Crippen LogP contribution >= 0.6 is 0 Å². The third kappa shape index (κ3) is 4.24. The molecule has 2 rings (SSSR count). The number of hydrogen-bond donors (Lipinski definition) is 3. The summed E-state index contributed by atoms with van der Waals surface area (Å²) in [7, 11) is 0. The van der Waals surface area contributed by atoms with Gasteiger partial charge >= 0.3 is 6.03 Å². The van der Waals surface area contributed by atoms with Gasteiger partial charge in [-0.2, -0.15) is 0 Å². The number of para-hydroxylation sites is 1. The monoisotopic (exact) mass is 262 g/mol. The van der Waals surface area contributed by atoms with Crippen LogP contribution in [-0.2, 0) is 0 Å². The first-order chi connectivity index (χ1) is 9.07. The van der Waals surface area contributed by atoms with Gasteiger partial charge < -0.3 is 15.7 Å². The lowest BCUT2D eigenvalue weighted by molar-refractivity contribution is -0.00920. The Balaban J connectivity index is 1.80. The smallest absolute Gasteiger partial charge is 0.319 e. The molecule has 0 radical (unpaired) electrons. The summed E-state index contributed by atoms with van der Waals surface area (Å²) in [5, 5.41) is 15.9. The molecule has 1 aliphatic carbocycles. The number of amides is 2. The molecule has 2 unspecified atom stereocenters. The quantitative estimate of drug-likeness (QED) is 0.784. The summed E-state index contributed by atoms with van der Waals surface area (Å²) in [5.41, 5.74) is 0.00935. The maximum Gasteiger partial charge on any atom is 0.319 e. The summed E-state index contributed by atoms with van der Waals surface area (Å²) in [6, 6.07) is 9.03. The first-order valence-electron chi connectivity index (χ1n) is 6.90. The third-order valence-corrected chi connectivity index (χ3v) is 3.68. The highest BCUT2D eigenvalue weighted by molar-refractivity contribution is 5.89. The maximum atomic E-state index is 11.7. The van der Waals surface area contributed by atoms with Crippen LogP contribution in [0.25, 0.3) is 0 Å². The molecule has 0 heterocycles. The Bertz CT molecular complexity index is 421. The van der Waals surface area contributed by atoms with Crippen molar-refractivity contribution in [3.05, 3.63) is 30.3 Å². The van der Waals surface area contributed by atoms with Gasteiger partial charge in [0.05, 0.1) is 5.60 Å². The summed E-state index contributed by atoms with van der Waals surface area (Å²) in [6.45, 7) is 2.46. The van der Waals surface area contributed by atoms with Gasteiger partial charge in [-0.3, -0.25) is 0 Å². The Morgan fingerprint density at radius 3 is 2.84 bits per heavy atom. The van der Waals surface area contributed by atoms with Crippen LogP contribution in [-0.4, -0.2) is 23.3 Å². The number of urea groups is 1. The lowest BCUT2D eigenvalue weighted by Crippen LogP contribution is -2.46. The van der Waals surface area contributed by atoms with Crippen molar-refractivity contribution >= 4 is 11.7 Å². The zero-order chi connectivity index (χ0) is 13.7. The fraction of sp³-hybridized carbons (Fsp3) is 0.533. The number of aliphatic hydroxyl groups is 1. The lowest BCUT2D eigenvalue weighted by atomic mass is 9.79. The van der Waals surface area contributed by atoms with E-state index in [-0.39, 0.29) is 6.03 Å². The Kier molecular flexibility index (Phi) is 4.43. The molecule has 1 saturated carbocycles. The molecule has 1 aromatic rings. The number of nitrogens with one attached hydrogen (secondary N) is 2. The summed E-state index contributed by atoms with van der Waals surface area (Å²) < 4.78 is 0. The van der Waals surface area contributed by atoms with Crippen LogP contribution in [0.4, 0.5) is 10.5 Å². The molecule has 4 heteroatoms. The molecule has 3 N–H and O–H groups in total. The molecule has 0 saturated heterocycles. The Hall–Kier alpha value is -1.55. The van der Waals surface area contributed by atoms with Crippen molar-refractivity contribution < 1.29 is 9.90 Å². The van der Waals surface area contributed by atoms with Crippen molar-refractivity contribution in [2.45, 2.75) is 38.2 Å². The summed E-state index contributed by atoms with van der Waals surface area (Å²) >= 11 is 0. The summed E-state index contributed by atoms with van der Waals surface area (Å²) in [5.74, 6) is 0.526. The van der Waals surface area contributed by atoms with Crippen molar-refractivity contribution in [1.29, 1.82) is 0 Å². The second-order valence-electron chi connectivity index (χ2n) is 5.60. The molecule has 0 spiro atoms. The predicted molar refractivity (Wildman–Crippen MR) is 76.0 cm³/mol. The van der Waals surface area contributed by atoms with Crippen LogP contribution in [0.2, 0.25) is 0 Å². The average Bonchev–Trinajstić information content (AvgIpc) is 2.38. The number of anilines is 1. The number of carbonyl (C=O) groups excluding carboxylic acids is 1. The third-order valence-electron chi connectivity index (χ3n) is 3.68. The van der Waals surface area contributed by atoms with E-state index >= 15 is 0 Å². The van der Waals surface area contributed by atoms with Gasteiger partial charge in [0.1, 0.15) is 0 Å². The van der Waals surface area contributed by atoms with Crippen LogP contribution in [0.5, 0.6) is 0 Å². The number of hydrogen-bond acceptors (Lipinski definition) is 2. The predicted octanol–water partition coefficient (Wildman–Crippen LogP) is 2.75. The summed E-state index contributed by atoms with van der Waals surface area (Å²) in [4.78, 5) is 11.7. The molecular formula is C15H22N2O2. The van der Waals surface area contributed by atoms with Gasteiger partial charge in [0.15, 0.2) is 0 Å². The molecule has 4 nitrogen and oxygen atoms in total. The fourth-order valence-electron chi connectivity index (χ4n) is 2.73. The molecule has 1 aromatic carbocycles. The fourth-order valence-corrected chi connectivity index (χ4v) is 2.73. The van der Waals surface area contributed by atoms with Crippen molar-refractivity contribution in [3.63, 3.8) is 0 Å². The number of carbonyl (C=O) groups is 1. The minimum atomic E-state index is -0.744. The molecule has 19 heavy (non-hydrogen) atoms. The highest BCUT2D eigenvalue weighted by Crippen LogP contribution is 2.31. The standard InChI is InChI=1S/C15H22N2O2/c1-12-6-5-9-15(19,10-12)11-16-14(18)17-13-7-3-2-4-8-13/h2-4,7-8,12,19H,5-6,9-11H2,1H3,(H2,16,17,18). The van der Waals surface area contributed by atoms with Gasteiger partial charge in [0.2, 0.25) is 0 Å². The number of benzene rings is 1. The van der Waals surface area contributed by atoms with E-state index in [4.69, 9.17) is 0 Å². The average molecular weight is 262 g/mol. The van der Waals surface area contributed by atoms with Crippen LogP contribution in [0.15, 0.2) is 30.3 Å². The molecule has 1 aliphatic rings. The van der Waals surface area contributed by atoms with E-state index in [1.54, 1.807) is 0 Å². The van der Waals surface area contributed by atoms with E-state index in [0.29, 0.717) is 12.5 Å². The minimum absolute atomic E-state index is 0.266. The highest BCUT2D eigenvalue weighted by Gasteiger charge is 2.32. The van der Waals surface area contributed by atoms with E-state index in [0.717, 1.165) is 24.9 Å². The highest BCUT2D eigenvalue weighted by atomic mass is 16.3. The molecule has 0 bridgehead atoms. The van der Waals surface area contributed by atoms with Crippen molar-refractivity contribution in [1.82, 2.24) is 5.32 Å². The van der Waals surface area contributed by atoms with Gasteiger partial charge in [-0.1, -0.05) is 38.0 Å². The van der Waals surface area contributed by atoms with Gasteiger partial charge in [0, 0.05) is 12.2 Å². The lowest BCUT2D eigenvalue weighted by Gasteiger charge is -2.35. The first kappa shape index (κ1) is 13.9. The van der Waals surface area contributed by atoms with Crippen molar-refractivity contribution in [3.8, 4) is 0 Å². The molecule has 0 aliphatic heterocycles. The second kappa shape index (κ2) is 6.06. The summed E-state index contributed by atoms with van der Waals surface area (Å²) in [6.07, 6.45) is 3.72. The SMILES string of the molecule is CC1CCCC(O)(CNC(=O)Nc2ccccc2)C1. The topological polar surface area (TPSA) is 61.4 Å². The first-order valence-corrected chi connectivity index (χ1v) is 6.90. The largest absolute Gasteiger partial charge is 0.388 e. The van der Waals surface area contributed by atoms with Gasteiger partial charge in [-0.05, 0) is 30.9 Å². The van der Waals surface area contributed by atoms with Crippen LogP contribution in [0.3, 0.4) is 0 Å². The van der Waals surface area contributed by atoms with Crippen LogP contribution < -0.4 is 10.6 Å². The van der Waals surface area contributed by atoms with Crippen molar-refractivity contribution in [2.75, 3.05) is 11.9 Å². The maximum absolute atomic E-state index is 11.7. The molecule has 1 fully saturated rings. The van der Waals surface area contributed by atoms with E-state index in [9.17, 15) is 9.90 Å². The van der Waals surface area contributed by atoms with E-state index in [2.05, 4.69) is 17.6 Å². The zero-order valence-electron chi connectivity index (χ0n) is 11.4. The molecule has 2 amide bonds. The second-order valence-corrected chi connectivity index (χ2v) is 5.60. The van der Waals surface area contributed by atoms with E-state index in [1.165, 1.54) is 6.42 Å². The minimum Gasteiger partial charge on any atom is -0.388 e. The van der Waals surface area contributed by atoms with Crippen LogP contribution in [0, 0.1) is 5.92 Å². The zero-order valence-corrected chi connectivity index (χ0v) is 11.4. The molecular weight excluding hydrogens is 240 g/mol. The van der Waals surface area contributed by atoms with Crippen LogP contribution in [0.1, 0.15) is 32.6 Å².